The maximum absolute atomic E-state index is 12.8. The highest BCUT2D eigenvalue weighted by Gasteiger charge is 2.22. The van der Waals surface area contributed by atoms with E-state index in [1.54, 1.807) is 6.07 Å². The number of aryl methyl sites for hydroxylation is 1. The van der Waals surface area contributed by atoms with Crippen LogP contribution in [-0.4, -0.2) is 27.5 Å². The first-order chi connectivity index (χ1) is 13.2. The van der Waals surface area contributed by atoms with Crippen LogP contribution >= 0.6 is 0 Å². The van der Waals surface area contributed by atoms with Crippen molar-refractivity contribution >= 4 is 17.4 Å². The van der Waals surface area contributed by atoms with Crippen molar-refractivity contribution in [1.82, 2.24) is 15.1 Å². The molecule has 3 aromatic rings. The number of nitrogens with one attached hydrogen (secondary N) is 1. The number of para-hydroxylation sites is 1. The van der Waals surface area contributed by atoms with Crippen LogP contribution in [0.5, 0.6) is 0 Å². The summed E-state index contributed by atoms with van der Waals surface area (Å²) in [5.74, 6) is 0.564. The molecule has 0 fully saturated rings. The summed E-state index contributed by atoms with van der Waals surface area (Å²) in [6, 6.07) is 19.9. The van der Waals surface area contributed by atoms with Gasteiger partial charge in [-0.05, 0) is 47.7 Å². The van der Waals surface area contributed by atoms with Gasteiger partial charge in [0.15, 0.2) is 11.5 Å². The van der Waals surface area contributed by atoms with Crippen LogP contribution in [0, 0.1) is 0 Å². The summed E-state index contributed by atoms with van der Waals surface area (Å²) in [4.78, 5) is 14.6. The van der Waals surface area contributed by atoms with Crippen molar-refractivity contribution in [1.29, 1.82) is 0 Å². The number of aromatic nitrogens is 2. The zero-order valence-electron chi connectivity index (χ0n) is 15.4. The molecule has 1 N–H and O–H groups in total. The zero-order chi connectivity index (χ0) is 18.6. The highest BCUT2D eigenvalue weighted by molar-refractivity contribution is 5.92. The molecule has 2 heterocycles. The number of carbonyl (C=O) groups is 1. The van der Waals surface area contributed by atoms with Gasteiger partial charge in [-0.25, -0.2) is 0 Å². The number of rotatable bonds is 4. The number of amides is 1. The Morgan fingerprint density at radius 3 is 2.56 bits per heavy atom. The second kappa shape index (κ2) is 7.58. The normalized spacial score (nSPS) is 13.1. The first-order valence-corrected chi connectivity index (χ1v) is 9.29. The summed E-state index contributed by atoms with van der Waals surface area (Å²) >= 11 is 0. The van der Waals surface area contributed by atoms with Crippen molar-refractivity contribution in [2.24, 2.45) is 0 Å². The van der Waals surface area contributed by atoms with Gasteiger partial charge in [-0.2, -0.15) is 0 Å². The molecule has 0 spiro atoms. The maximum atomic E-state index is 12.8. The van der Waals surface area contributed by atoms with Crippen LogP contribution in [0.2, 0.25) is 0 Å². The third kappa shape index (κ3) is 3.67. The molecule has 2 aromatic carbocycles. The summed E-state index contributed by atoms with van der Waals surface area (Å²) in [5, 5.41) is 11.6. The molecule has 1 amide bonds. The molecule has 1 aliphatic rings. The minimum absolute atomic E-state index is 0.0717. The fourth-order valence-corrected chi connectivity index (χ4v) is 3.43. The largest absolute Gasteiger partial charge is 0.339 e. The lowest BCUT2D eigenvalue weighted by molar-refractivity contribution is 0.0727. The lowest BCUT2D eigenvalue weighted by atomic mass is 10.00. The average molecular weight is 358 g/mol. The molecule has 136 valence electrons. The minimum atomic E-state index is -0.0717. The fourth-order valence-electron chi connectivity index (χ4n) is 3.43. The van der Waals surface area contributed by atoms with Gasteiger partial charge >= 0.3 is 0 Å². The van der Waals surface area contributed by atoms with E-state index in [-0.39, 0.29) is 5.91 Å². The lowest BCUT2D eigenvalue weighted by Gasteiger charge is -2.28. The molecule has 4 rings (SSSR count). The van der Waals surface area contributed by atoms with Gasteiger partial charge < -0.3 is 10.2 Å². The molecule has 0 bridgehead atoms. The summed E-state index contributed by atoms with van der Waals surface area (Å²) in [7, 11) is 0. The molecule has 27 heavy (non-hydrogen) atoms. The van der Waals surface area contributed by atoms with E-state index in [0.29, 0.717) is 24.6 Å². The van der Waals surface area contributed by atoms with Gasteiger partial charge in [-0.15, -0.1) is 10.2 Å². The summed E-state index contributed by atoms with van der Waals surface area (Å²) in [5.41, 5.74) is 5.14. The third-order valence-electron chi connectivity index (χ3n) is 4.96. The third-order valence-corrected chi connectivity index (χ3v) is 4.96. The predicted octanol–water partition coefficient (Wildman–Crippen LogP) is 3.98. The first-order valence-electron chi connectivity index (χ1n) is 9.29. The molecule has 5 nitrogen and oxygen atoms in total. The molecule has 1 aliphatic heterocycles. The van der Waals surface area contributed by atoms with Gasteiger partial charge in [0.05, 0.1) is 0 Å². The minimum Gasteiger partial charge on any atom is -0.339 e. The summed E-state index contributed by atoms with van der Waals surface area (Å²) in [6.45, 7) is 3.45. The Morgan fingerprint density at radius 2 is 1.78 bits per heavy atom. The molecule has 0 aliphatic carbocycles. The van der Waals surface area contributed by atoms with Gasteiger partial charge in [0.2, 0.25) is 0 Å². The highest BCUT2D eigenvalue weighted by Crippen LogP contribution is 2.21. The molecular weight excluding hydrogens is 336 g/mol. The molecule has 0 saturated heterocycles. The summed E-state index contributed by atoms with van der Waals surface area (Å²) < 4.78 is 0. The topological polar surface area (TPSA) is 58.1 Å². The predicted molar refractivity (Wildman–Crippen MR) is 106 cm³/mol. The molecule has 5 heteroatoms. The van der Waals surface area contributed by atoms with E-state index in [1.807, 2.05) is 41.3 Å². The molecule has 0 atom stereocenters. The van der Waals surface area contributed by atoms with Gasteiger partial charge in [-0.1, -0.05) is 49.4 Å². The van der Waals surface area contributed by atoms with Crippen LogP contribution in [0.15, 0.2) is 60.7 Å². The van der Waals surface area contributed by atoms with E-state index in [1.165, 1.54) is 16.7 Å². The van der Waals surface area contributed by atoms with Gasteiger partial charge in [0, 0.05) is 18.8 Å². The quantitative estimate of drug-likeness (QED) is 0.766. The van der Waals surface area contributed by atoms with Crippen LogP contribution < -0.4 is 5.32 Å². The maximum Gasteiger partial charge on any atom is 0.274 e. The Labute approximate surface area is 159 Å². The fraction of sp³-hybridized carbons (Fsp3) is 0.227. The average Bonchev–Trinajstić information content (AvgIpc) is 2.74. The summed E-state index contributed by atoms with van der Waals surface area (Å²) in [6.07, 6.45) is 1.81. The van der Waals surface area contributed by atoms with Crippen LogP contribution in [0.4, 0.5) is 11.5 Å². The first kappa shape index (κ1) is 17.2. The van der Waals surface area contributed by atoms with Crippen molar-refractivity contribution in [3.8, 4) is 0 Å². The van der Waals surface area contributed by atoms with E-state index >= 15 is 0 Å². The molecule has 0 saturated carbocycles. The number of hydrogen-bond donors (Lipinski definition) is 1. The Kier molecular flexibility index (Phi) is 4.83. The van der Waals surface area contributed by atoms with Crippen LogP contribution in [0.25, 0.3) is 0 Å². The van der Waals surface area contributed by atoms with E-state index in [9.17, 15) is 4.79 Å². The number of anilines is 2. The van der Waals surface area contributed by atoms with Crippen molar-refractivity contribution in [2.45, 2.75) is 26.3 Å². The van der Waals surface area contributed by atoms with Gasteiger partial charge in [0.1, 0.15) is 0 Å². The number of benzene rings is 2. The lowest BCUT2D eigenvalue weighted by Crippen LogP contribution is -2.36. The Morgan fingerprint density at radius 1 is 1.00 bits per heavy atom. The second-order valence-corrected chi connectivity index (χ2v) is 6.68. The van der Waals surface area contributed by atoms with E-state index < -0.39 is 0 Å². The molecule has 1 aromatic heterocycles. The smallest absolute Gasteiger partial charge is 0.274 e. The van der Waals surface area contributed by atoms with Gasteiger partial charge in [0.25, 0.3) is 5.91 Å². The van der Waals surface area contributed by atoms with Crippen molar-refractivity contribution < 1.29 is 4.79 Å². The van der Waals surface area contributed by atoms with Crippen molar-refractivity contribution in [2.75, 3.05) is 11.9 Å². The van der Waals surface area contributed by atoms with Crippen LogP contribution in [0.1, 0.15) is 34.1 Å². The molecule has 0 unspecified atom stereocenters. The van der Waals surface area contributed by atoms with E-state index in [4.69, 9.17) is 0 Å². The van der Waals surface area contributed by atoms with E-state index in [0.717, 1.165) is 18.5 Å². The zero-order valence-corrected chi connectivity index (χ0v) is 15.4. The Bertz CT molecular complexity index is 953. The number of nitrogens with zero attached hydrogens (tertiary/aromatic N) is 3. The van der Waals surface area contributed by atoms with Crippen molar-refractivity contribution in [3.63, 3.8) is 0 Å². The number of hydrogen-bond acceptors (Lipinski definition) is 4. The standard InChI is InChI=1S/C22H22N4O/c1-2-16-7-5-6-10-19(16)23-21-12-11-20(24-25-21)22(27)26-14-13-17-8-3-4-9-18(17)15-26/h3-12H,2,13-15H2,1H3,(H,23,25). The number of fused-ring (bicyclic) bond motifs is 1. The van der Waals surface area contributed by atoms with Crippen molar-refractivity contribution in [3.05, 3.63) is 83.0 Å². The van der Waals surface area contributed by atoms with Crippen LogP contribution in [-0.2, 0) is 19.4 Å². The number of carbonyl (C=O) groups excluding carboxylic acids is 1. The second-order valence-electron chi connectivity index (χ2n) is 6.68. The van der Waals surface area contributed by atoms with Gasteiger partial charge in [-0.3, -0.25) is 4.79 Å². The molecular formula is C22H22N4O. The van der Waals surface area contributed by atoms with Crippen LogP contribution in [0.3, 0.4) is 0 Å². The molecule has 0 radical (unpaired) electrons. The Balaban J connectivity index is 1.47. The highest BCUT2D eigenvalue weighted by atomic mass is 16.2. The Hall–Kier alpha value is -3.21. The SMILES string of the molecule is CCc1ccccc1Nc1ccc(C(=O)N2CCc3ccccc3C2)nn1. The monoisotopic (exact) mass is 358 g/mol. The van der Waals surface area contributed by atoms with E-state index in [2.05, 4.69) is 40.6 Å².